The number of hydrogen-bond donors (Lipinski definition) is 3. The number of nitrogens with zero attached hydrogens (tertiary/aromatic N) is 1. The number of rotatable bonds is 2. The number of nitrogens with one attached hydrogen (secondary N) is 1. The summed E-state index contributed by atoms with van der Waals surface area (Å²) in [6, 6.07) is 0. The summed E-state index contributed by atoms with van der Waals surface area (Å²) in [5, 5.41) is 18.8. The molecule has 0 aliphatic carbocycles. The van der Waals surface area contributed by atoms with Crippen LogP contribution in [0, 0.1) is 0 Å². The molecule has 1 aromatic heterocycles. The van der Waals surface area contributed by atoms with Crippen molar-refractivity contribution < 1.29 is 24.4 Å². The minimum atomic E-state index is -0.913. The van der Waals surface area contributed by atoms with E-state index < -0.39 is 47.3 Å². The lowest BCUT2D eigenvalue weighted by molar-refractivity contribution is -0.200. The van der Waals surface area contributed by atoms with Gasteiger partial charge in [-0.05, 0) is 13.8 Å². The zero-order valence-electron chi connectivity index (χ0n) is 11.5. The first-order chi connectivity index (χ1) is 9.82. The highest BCUT2D eigenvalue weighted by Crippen LogP contribution is 2.42. The number of fused-ring (bicyclic) bond motifs is 1. The summed E-state index contributed by atoms with van der Waals surface area (Å²) >= 11 is 0. The molecule has 3 N–H and O–H groups in total. The predicted molar refractivity (Wildman–Crippen MR) is 67.8 cm³/mol. The molecule has 3 heterocycles. The van der Waals surface area contributed by atoms with Gasteiger partial charge >= 0.3 is 5.69 Å². The van der Waals surface area contributed by atoms with Crippen LogP contribution in [0.1, 0.15) is 20.1 Å². The first-order valence-electron chi connectivity index (χ1n) is 6.49. The van der Waals surface area contributed by atoms with E-state index in [0.29, 0.717) is 0 Å². The van der Waals surface area contributed by atoms with Crippen molar-refractivity contribution in [1.29, 1.82) is 0 Å². The second-order valence-corrected chi connectivity index (χ2v) is 5.49. The van der Waals surface area contributed by atoms with E-state index in [1.54, 1.807) is 13.8 Å². The normalized spacial score (nSPS) is 34.0. The summed E-state index contributed by atoms with van der Waals surface area (Å²) in [6.07, 6.45) is -1.78. The lowest BCUT2D eigenvalue weighted by atomic mass is 10.1. The fourth-order valence-corrected chi connectivity index (χ4v) is 2.69. The maximum atomic E-state index is 11.9. The lowest BCUT2D eigenvalue weighted by Gasteiger charge is -2.24. The SMILES string of the molecule is CC1(C)OC2C(CO)OC(n3cc(O)c(=O)[nH]c3=O)C2O1. The number of aromatic amines is 1. The van der Waals surface area contributed by atoms with Gasteiger partial charge in [0.1, 0.15) is 18.3 Å². The Balaban J connectivity index is 2.01. The zero-order chi connectivity index (χ0) is 15.4. The summed E-state index contributed by atoms with van der Waals surface area (Å²) in [6.45, 7) is 3.12. The number of aliphatic hydroxyl groups excluding tert-OH is 1. The van der Waals surface area contributed by atoms with Gasteiger partial charge in [-0.2, -0.15) is 0 Å². The smallest absolute Gasteiger partial charge is 0.330 e. The molecule has 2 saturated heterocycles. The van der Waals surface area contributed by atoms with E-state index in [4.69, 9.17) is 14.2 Å². The van der Waals surface area contributed by atoms with E-state index in [1.165, 1.54) is 0 Å². The second-order valence-electron chi connectivity index (χ2n) is 5.49. The maximum absolute atomic E-state index is 11.9. The Bertz CT molecular complexity index is 664. The molecule has 0 radical (unpaired) electrons. The van der Waals surface area contributed by atoms with Gasteiger partial charge in [-0.15, -0.1) is 0 Å². The van der Waals surface area contributed by atoms with Crippen LogP contribution < -0.4 is 11.2 Å². The number of aromatic nitrogens is 2. The fourth-order valence-electron chi connectivity index (χ4n) is 2.69. The van der Waals surface area contributed by atoms with Crippen LogP contribution >= 0.6 is 0 Å². The maximum Gasteiger partial charge on any atom is 0.330 e. The Morgan fingerprint density at radius 1 is 1.33 bits per heavy atom. The highest BCUT2D eigenvalue weighted by Gasteiger charge is 2.55. The molecule has 0 spiro atoms. The third-order valence-corrected chi connectivity index (χ3v) is 3.53. The van der Waals surface area contributed by atoms with E-state index in [1.807, 2.05) is 4.98 Å². The molecule has 0 bridgehead atoms. The third kappa shape index (κ3) is 2.27. The molecule has 2 aliphatic rings. The molecular weight excluding hydrogens is 284 g/mol. The van der Waals surface area contributed by atoms with Crippen molar-refractivity contribution in [2.45, 2.75) is 44.2 Å². The largest absolute Gasteiger partial charge is 0.502 e. The van der Waals surface area contributed by atoms with Gasteiger partial charge < -0.3 is 24.4 Å². The van der Waals surface area contributed by atoms with Gasteiger partial charge in [-0.3, -0.25) is 14.3 Å². The standard InChI is InChI=1S/C12H16N2O7/c1-12(2)20-7-6(4-15)19-10(8(7)21-12)14-3-5(16)9(17)13-11(14)18/h3,6-8,10,15-16H,4H2,1-2H3,(H,13,17,18). The predicted octanol–water partition coefficient (Wildman–Crippen LogP) is -1.35. The summed E-state index contributed by atoms with van der Waals surface area (Å²) in [5.74, 6) is -1.49. The molecule has 21 heavy (non-hydrogen) atoms. The zero-order valence-corrected chi connectivity index (χ0v) is 11.5. The number of aliphatic hydroxyl groups is 1. The van der Waals surface area contributed by atoms with Crippen LogP contribution in [0.3, 0.4) is 0 Å². The highest BCUT2D eigenvalue weighted by atomic mass is 16.8. The molecule has 0 amide bonds. The van der Waals surface area contributed by atoms with Crippen molar-refractivity contribution in [1.82, 2.24) is 9.55 Å². The van der Waals surface area contributed by atoms with Crippen LogP contribution in [-0.2, 0) is 14.2 Å². The summed E-state index contributed by atoms with van der Waals surface area (Å²) in [7, 11) is 0. The van der Waals surface area contributed by atoms with E-state index >= 15 is 0 Å². The molecule has 0 aromatic carbocycles. The van der Waals surface area contributed by atoms with Crippen LogP contribution in [0.4, 0.5) is 0 Å². The first kappa shape index (κ1) is 14.3. The summed E-state index contributed by atoms with van der Waals surface area (Å²) in [4.78, 5) is 25.1. The number of H-pyrrole nitrogens is 1. The molecule has 3 rings (SSSR count). The minimum absolute atomic E-state index is 0.304. The molecule has 9 heteroatoms. The van der Waals surface area contributed by atoms with Crippen LogP contribution in [0.5, 0.6) is 5.75 Å². The molecule has 116 valence electrons. The van der Waals surface area contributed by atoms with Crippen LogP contribution in [0.15, 0.2) is 15.8 Å². The molecule has 1 aromatic rings. The average molecular weight is 300 g/mol. The van der Waals surface area contributed by atoms with Gasteiger partial charge in [0.2, 0.25) is 0 Å². The van der Waals surface area contributed by atoms with Crippen molar-refractivity contribution in [2.24, 2.45) is 0 Å². The number of hydrogen-bond acceptors (Lipinski definition) is 7. The van der Waals surface area contributed by atoms with Gasteiger partial charge in [0, 0.05) is 0 Å². The topological polar surface area (TPSA) is 123 Å². The molecule has 4 unspecified atom stereocenters. The molecular formula is C12H16N2O7. The Morgan fingerprint density at radius 3 is 2.67 bits per heavy atom. The lowest BCUT2D eigenvalue weighted by Crippen LogP contribution is -2.37. The fraction of sp³-hybridized carbons (Fsp3) is 0.667. The second kappa shape index (κ2) is 4.67. The van der Waals surface area contributed by atoms with Crippen LogP contribution in [0.2, 0.25) is 0 Å². The Hall–Kier alpha value is -1.68. The summed E-state index contributed by atoms with van der Waals surface area (Å²) in [5.41, 5.74) is -1.62. The number of ether oxygens (including phenoxy) is 3. The summed E-state index contributed by atoms with van der Waals surface area (Å²) < 4.78 is 18.0. The van der Waals surface area contributed by atoms with Crippen molar-refractivity contribution >= 4 is 0 Å². The highest BCUT2D eigenvalue weighted by molar-refractivity contribution is 5.10. The van der Waals surface area contributed by atoms with Crippen molar-refractivity contribution in [3.63, 3.8) is 0 Å². The molecule has 0 saturated carbocycles. The van der Waals surface area contributed by atoms with Gasteiger partial charge in [-0.1, -0.05) is 0 Å². The Kier molecular flexibility index (Phi) is 3.17. The third-order valence-electron chi connectivity index (χ3n) is 3.53. The van der Waals surface area contributed by atoms with Gasteiger partial charge in [0.25, 0.3) is 5.56 Å². The Morgan fingerprint density at radius 2 is 2.00 bits per heavy atom. The first-order valence-corrected chi connectivity index (χ1v) is 6.49. The van der Waals surface area contributed by atoms with Crippen molar-refractivity contribution in [3.05, 3.63) is 27.0 Å². The van der Waals surface area contributed by atoms with E-state index in [2.05, 4.69) is 0 Å². The van der Waals surface area contributed by atoms with Gasteiger partial charge in [0.05, 0.1) is 12.8 Å². The molecule has 2 aliphatic heterocycles. The molecule has 9 nitrogen and oxygen atoms in total. The quantitative estimate of drug-likeness (QED) is 0.617. The van der Waals surface area contributed by atoms with Gasteiger partial charge in [-0.25, -0.2) is 4.79 Å². The van der Waals surface area contributed by atoms with E-state index in [9.17, 15) is 19.8 Å². The Labute approximate surface area is 118 Å². The number of aromatic hydroxyl groups is 1. The minimum Gasteiger partial charge on any atom is -0.502 e. The van der Waals surface area contributed by atoms with Crippen LogP contribution in [-0.4, -0.2) is 50.5 Å². The van der Waals surface area contributed by atoms with E-state index in [-0.39, 0.29) is 6.61 Å². The van der Waals surface area contributed by atoms with Crippen molar-refractivity contribution in [2.75, 3.05) is 6.61 Å². The average Bonchev–Trinajstić information content (AvgIpc) is 2.87. The van der Waals surface area contributed by atoms with Crippen LogP contribution in [0.25, 0.3) is 0 Å². The van der Waals surface area contributed by atoms with Gasteiger partial charge in [0.15, 0.2) is 17.8 Å². The van der Waals surface area contributed by atoms with E-state index in [0.717, 1.165) is 10.8 Å². The molecule has 4 atom stereocenters. The molecule has 2 fully saturated rings. The monoisotopic (exact) mass is 300 g/mol. The van der Waals surface area contributed by atoms with Crippen molar-refractivity contribution in [3.8, 4) is 5.75 Å².